The van der Waals surface area contributed by atoms with Crippen molar-refractivity contribution in [3.8, 4) is 0 Å². The van der Waals surface area contributed by atoms with Gasteiger partial charge in [-0.25, -0.2) is 4.98 Å². The highest BCUT2D eigenvalue weighted by Crippen LogP contribution is 2.13. The second kappa shape index (κ2) is 13.3. The van der Waals surface area contributed by atoms with Crippen molar-refractivity contribution in [3.63, 3.8) is 0 Å². The number of benzene rings is 1. The molecule has 0 bridgehead atoms. The molecule has 0 fully saturated rings. The van der Waals surface area contributed by atoms with Crippen LogP contribution in [-0.4, -0.2) is 36.5 Å². The van der Waals surface area contributed by atoms with Crippen LogP contribution in [0.25, 0.3) is 0 Å². The van der Waals surface area contributed by atoms with Crippen molar-refractivity contribution >= 4 is 41.5 Å². The van der Waals surface area contributed by atoms with Gasteiger partial charge in [0.25, 0.3) is 0 Å². The van der Waals surface area contributed by atoms with Gasteiger partial charge in [0, 0.05) is 32.9 Å². The van der Waals surface area contributed by atoms with Gasteiger partial charge in [0.1, 0.15) is 10.9 Å². The van der Waals surface area contributed by atoms with Crippen LogP contribution in [0, 0.1) is 0 Å². The number of pyridine rings is 1. The third kappa shape index (κ3) is 8.51. The number of furan rings is 1. The average molecular weight is 554 g/mol. The molecule has 2 N–H and O–H groups in total. The zero-order valence-corrected chi connectivity index (χ0v) is 20.9. The Bertz CT molecular complexity index is 931. The molecule has 3 rings (SSSR count). The Morgan fingerprint density at radius 1 is 1.06 bits per heavy atom. The molecule has 0 aliphatic heterocycles. The second-order valence-electron chi connectivity index (χ2n) is 7.11. The molecule has 0 saturated carbocycles. The molecule has 0 atom stereocenters. The molecular formula is C23H29ClIN5O. The maximum absolute atomic E-state index is 5.83. The van der Waals surface area contributed by atoms with E-state index in [2.05, 4.69) is 56.8 Å². The molecule has 166 valence electrons. The lowest BCUT2D eigenvalue weighted by molar-refractivity contribution is 0.287. The topological polar surface area (TPSA) is 65.7 Å². The van der Waals surface area contributed by atoms with Crippen LogP contribution in [0.4, 0.5) is 0 Å². The molecule has 0 saturated heterocycles. The Labute approximate surface area is 206 Å². The SMILES string of the molecule is CN=C(NCCc1ccc(Cl)nc1)NCc1ccccc1CN(C)Cc1ccco1.I. The summed E-state index contributed by atoms with van der Waals surface area (Å²) in [7, 11) is 3.88. The molecule has 2 heterocycles. The number of hydrogen-bond acceptors (Lipinski definition) is 4. The molecule has 6 nitrogen and oxygen atoms in total. The maximum Gasteiger partial charge on any atom is 0.191 e. The molecular weight excluding hydrogens is 525 g/mol. The molecule has 2 aromatic heterocycles. The highest BCUT2D eigenvalue weighted by molar-refractivity contribution is 14.0. The molecule has 0 aliphatic carbocycles. The van der Waals surface area contributed by atoms with Gasteiger partial charge in [-0.05, 0) is 48.4 Å². The van der Waals surface area contributed by atoms with Crippen molar-refractivity contribution < 1.29 is 4.42 Å². The van der Waals surface area contributed by atoms with Crippen LogP contribution < -0.4 is 10.6 Å². The van der Waals surface area contributed by atoms with Crippen LogP contribution >= 0.6 is 35.6 Å². The quantitative estimate of drug-likeness (QED) is 0.177. The molecule has 0 aliphatic rings. The van der Waals surface area contributed by atoms with E-state index in [1.165, 1.54) is 11.1 Å². The number of nitrogens with zero attached hydrogens (tertiary/aromatic N) is 3. The lowest BCUT2D eigenvalue weighted by atomic mass is 10.1. The van der Waals surface area contributed by atoms with Gasteiger partial charge in [0.15, 0.2) is 5.96 Å². The summed E-state index contributed by atoms with van der Waals surface area (Å²) < 4.78 is 5.45. The van der Waals surface area contributed by atoms with Crippen LogP contribution in [0.15, 0.2) is 70.4 Å². The van der Waals surface area contributed by atoms with Crippen molar-refractivity contribution in [2.45, 2.75) is 26.1 Å². The van der Waals surface area contributed by atoms with E-state index in [1.54, 1.807) is 19.5 Å². The predicted octanol–water partition coefficient (Wildman–Crippen LogP) is 4.49. The third-order valence-corrected chi connectivity index (χ3v) is 4.95. The number of nitrogens with one attached hydrogen (secondary N) is 2. The molecule has 8 heteroatoms. The van der Waals surface area contributed by atoms with Gasteiger partial charge in [0.2, 0.25) is 0 Å². The first-order chi connectivity index (χ1) is 14.6. The summed E-state index contributed by atoms with van der Waals surface area (Å²) in [6, 6.07) is 16.2. The lowest BCUT2D eigenvalue weighted by Gasteiger charge is -2.19. The van der Waals surface area contributed by atoms with E-state index in [9.17, 15) is 0 Å². The molecule has 31 heavy (non-hydrogen) atoms. The van der Waals surface area contributed by atoms with E-state index in [4.69, 9.17) is 16.0 Å². The fourth-order valence-electron chi connectivity index (χ4n) is 3.18. The smallest absolute Gasteiger partial charge is 0.191 e. The van der Waals surface area contributed by atoms with Crippen LogP contribution in [0.1, 0.15) is 22.5 Å². The first-order valence-electron chi connectivity index (χ1n) is 9.96. The summed E-state index contributed by atoms with van der Waals surface area (Å²) in [5.41, 5.74) is 3.66. The van der Waals surface area contributed by atoms with E-state index >= 15 is 0 Å². The summed E-state index contributed by atoms with van der Waals surface area (Å²) >= 11 is 5.83. The minimum Gasteiger partial charge on any atom is -0.468 e. The summed E-state index contributed by atoms with van der Waals surface area (Å²) in [4.78, 5) is 10.7. The monoisotopic (exact) mass is 553 g/mol. The van der Waals surface area contributed by atoms with Gasteiger partial charge in [-0.2, -0.15) is 0 Å². The molecule has 0 radical (unpaired) electrons. The minimum absolute atomic E-state index is 0. The molecule has 0 unspecified atom stereocenters. The zero-order valence-electron chi connectivity index (χ0n) is 17.8. The first-order valence-corrected chi connectivity index (χ1v) is 10.3. The van der Waals surface area contributed by atoms with Crippen LogP contribution in [0.5, 0.6) is 0 Å². The van der Waals surface area contributed by atoms with Gasteiger partial charge in [-0.1, -0.05) is 41.9 Å². The van der Waals surface area contributed by atoms with Crippen LogP contribution in [0.2, 0.25) is 5.15 Å². The normalized spacial score (nSPS) is 11.3. The van der Waals surface area contributed by atoms with E-state index in [0.29, 0.717) is 11.7 Å². The largest absolute Gasteiger partial charge is 0.468 e. The van der Waals surface area contributed by atoms with Crippen molar-refractivity contribution in [1.29, 1.82) is 0 Å². The number of halogens is 2. The Balaban J connectivity index is 0.00000341. The minimum atomic E-state index is 0. The number of aromatic nitrogens is 1. The van der Waals surface area contributed by atoms with Crippen molar-refractivity contribution in [1.82, 2.24) is 20.5 Å². The molecule has 0 amide bonds. The Morgan fingerprint density at radius 3 is 2.55 bits per heavy atom. The second-order valence-corrected chi connectivity index (χ2v) is 7.50. The zero-order chi connectivity index (χ0) is 21.2. The van der Waals surface area contributed by atoms with Gasteiger partial charge < -0.3 is 15.1 Å². The van der Waals surface area contributed by atoms with Gasteiger partial charge >= 0.3 is 0 Å². The van der Waals surface area contributed by atoms with Crippen LogP contribution in [0.3, 0.4) is 0 Å². The Kier molecular flexibility index (Phi) is 10.8. The summed E-state index contributed by atoms with van der Waals surface area (Å²) in [5, 5.41) is 7.27. The van der Waals surface area contributed by atoms with E-state index in [1.807, 2.05) is 24.3 Å². The fourth-order valence-corrected chi connectivity index (χ4v) is 3.29. The maximum atomic E-state index is 5.83. The van der Waals surface area contributed by atoms with Crippen molar-refractivity contribution in [3.05, 3.63) is 88.6 Å². The lowest BCUT2D eigenvalue weighted by Crippen LogP contribution is -2.38. The number of rotatable bonds is 9. The Hall–Kier alpha value is -2.10. The summed E-state index contributed by atoms with van der Waals surface area (Å²) in [6.07, 6.45) is 4.36. The first kappa shape index (κ1) is 25.2. The highest BCUT2D eigenvalue weighted by atomic mass is 127. The van der Waals surface area contributed by atoms with E-state index in [0.717, 1.165) is 43.3 Å². The summed E-state index contributed by atoms with van der Waals surface area (Å²) in [6.45, 7) is 3.08. The molecule has 3 aromatic rings. The third-order valence-electron chi connectivity index (χ3n) is 4.73. The van der Waals surface area contributed by atoms with Crippen molar-refractivity contribution in [2.24, 2.45) is 4.99 Å². The van der Waals surface area contributed by atoms with Gasteiger partial charge in [-0.3, -0.25) is 9.89 Å². The highest BCUT2D eigenvalue weighted by Gasteiger charge is 2.08. The van der Waals surface area contributed by atoms with E-state index < -0.39 is 0 Å². The van der Waals surface area contributed by atoms with Gasteiger partial charge in [0.05, 0.1) is 12.8 Å². The van der Waals surface area contributed by atoms with E-state index in [-0.39, 0.29) is 24.0 Å². The number of aliphatic imine (C=N–C) groups is 1. The van der Waals surface area contributed by atoms with Gasteiger partial charge in [-0.15, -0.1) is 24.0 Å². The fraction of sp³-hybridized carbons (Fsp3) is 0.304. The molecule has 0 spiro atoms. The molecule has 1 aromatic carbocycles. The number of hydrogen-bond donors (Lipinski definition) is 2. The predicted molar refractivity (Wildman–Crippen MR) is 137 cm³/mol. The Morgan fingerprint density at radius 2 is 1.87 bits per heavy atom. The number of guanidine groups is 1. The average Bonchev–Trinajstić information content (AvgIpc) is 3.25. The van der Waals surface area contributed by atoms with Crippen molar-refractivity contribution in [2.75, 3.05) is 20.6 Å². The standard InChI is InChI=1S/C23H28ClN5O.HI/c1-25-23(26-12-11-18-9-10-22(24)27-14-18)28-15-19-6-3-4-7-20(19)16-29(2)17-21-8-5-13-30-21;/h3-10,13-14H,11-12,15-17H2,1-2H3,(H2,25,26,28);1H. The van der Waals surface area contributed by atoms with Crippen LogP contribution in [-0.2, 0) is 26.1 Å². The summed E-state index contributed by atoms with van der Waals surface area (Å²) in [5.74, 6) is 1.74.